The van der Waals surface area contributed by atoms with Gasteiger partial charge in [0.15, 0.2) is 0 Å². The van der Waals surface area contributed by atoms with Gasteiger partial charge in [-0.15, -0.1) is 0 Å². The van der Waals surface area contributed by atoms with Crippen molar-refractivity contribution in [2.24, 2.45) is 13.0 Å². The van der Waals surface area contributed by atoms with Gasteiger partial charge in [-0.05, 0) is 18.9 Å². The highest BCUT2D eigenvalue weighted by Crippen LogP contribution is 2.12. The summed E-state index contributed by atoms with van der Waals surface area (Å²) in [6.07, 6.45) is 4.96. The molecule has 0 saturated heterocycles. The monoisotopic (exact) mass is 224 g/mol. The third-order valence-corrected chi connectivity index (χ3v) is 3.19. The van der Waals surface area contributed by atoms with Crippen molar-refractivity contribution < 1.29 is 0 Å². The van der Waals surface area contributed by atoms with Gasteiger partial charge in [0, 0.05) is 19.5 Å². The number of nitrogens with one attached hydrogen (secondary N) is 1. The second-order valence-corrected chi connectivity index (χ2v) is 4.45. The first-order valence-electron chi connectivity index (χ1n) is 6.25. The summed E-state index contributed by atoms with van der Waals surface area (Å²) < 4.78 is 1.86. The van der Waals surface area contributed by atoms with Gasteiger partial charge < -0.3 is 5.32 Å². The van der Waals surface area contributed by atoms with E-state index in [0.29, 0.717) is 12.0 Å². The van der Waals surface area contributed by atoms with Crippen LogP contribution in [0.2, 0.25) is 0 Å². The summed E-state index contributed by atoms with van der Waals surface area (Å²) in [5.74, 6) is 1.73. The average Bonchev–Trinajstić information content (AvgIpc) is 2.69. The van der Waals surface area contributed by atoms with E-state index in [1.54, 1.807) is 6.33 Å². The highest BCUT2D eigenvalue weighted by Gasteiger charge is 2.17. The fourth-order valence-electron chi connectivity index (χ4n) is 1.79. The predicted molar refractivity (Wildman–Crippen MR) is 66.2 cm³/mol. The van der Waals surface area contributed by atoms with E-state index in [2.05, 4.69) is 36.2 Å². The molecule has 1 aromatic heterocycles. The Bertz CT molecular complexity index is 295. The summed E-state index contributed by atoms with van der Waals surface area (Å²) in [5, 5.41) is 7.72. The van der Waals surface area contributed by atoms with Gasteiger partial charge in [-0.1, -0.05) is 27.2 Å². The SMILES string of the molecule is CCCNC(Cc1ncnn1C)C(C)CC. The normalized spacial score (nSPS) is 15.0. The minimum Gasteiger partial charge on any atom is -0.313 e. The van der Waals surface area contributed by atoms with E-state index in [0.717, 1.165) is 18.8 Å². The van der Waals surface area contributed by atoms with Gasteiger partial charge in [0.1, 0.15) is 12.2 Å². The summed E-state index contributed by atoms with van der Waals surface area (Å²) in [6.45, 7) is 7.81. The van der Waals surface area contributed by atoms with E-state index < -0.39 is 0 Å². The van der Waals surface area contributed by atoms with Crippen LogP contribution >= 0.6 is 0 Å². The fourth-order valence-corrected chi connectivity index (χ4v) is 1.79. The van der Waals surface area contributed by atoms with Crippen molar-refractivity contribution in [3.05, 3.63) is 12.2 Å². The highest BCUT2D eigenvalue weighted by atomic mass is 15.3. The first kappa shape index (κ1) is 13.2. The molecule has 0 aliphatic heterocycles. The molecular formula is C12H24N4. The molecule has 0 amide bonds. The summed E-state index contributed by atoms with van der Waals surface area (Å²) >= 11 is 0. The van der Waals surface area contributed by atoms with E-state index in [4.69, 9.17) is 0 Å². The molecule has 0 bridgehead atoms. The quantitative estimate of drug-likeness (QED) is 0.767. The largest absolute Gasteiger partial charge is 0.313 e. The van der Waals surface area contributed by atoms with Crippen molar-refractivity contribution in [3.8, 4) is 0 Å². The molecule has 2 unspecified atom stereocenters. The fraction of sp³-hybridized carbons (Fsp3) is 0.833. The Morgan fingerprint density at radius 1 is 1.44 bits per heavy atom. The molecule has 0 saturated carbocycles. The number of aromatic nitrogens is 3. The minimum absolute atomic E-state index is 0.507. The second kappa shape index (κ2) is 6.63. The van der Waals surface area contributed by atoms with Gasteiger partial charge in [0.2, 0.25) is 0 Å². The lowest BCUT2D eigenvalue weighted by Crippen LogP contribution is -2.37. The second-order valence-electron chi connectivity index (χ2n) is 4.45. The maximum Gasteiger partial charge on any atom is 0.138 e. The molecule has 0 aromatic carbocycles. The average molecular weight is 224 g/mol. The molecule has 0 aliphatic rings. The lowest BCUT2D eigenvalue weighted by atomic mass is 9.96. The Labute approximate surface area is 98.5 Å². The molecule has 1 heterocycles. The van der Waals surface area contributed by atoms with Crippen LogP contribution in [-0.4, -0.2) is 27.4 Å². The van der Waals surface area contributed by atoms with Gasteiger partial charge in [-0.3, -0.25) is 4.68 Å². The topological polar surface area (TPSA) is 42.7 Å². The van der Waals surface area contributed by atoms with E-state index >= 15 is 0 Å². The molecule has 4 heteroatoms. The van der Waals surface area contributed by atoms with E-state index in [9.17, 15) is 0 Å². The van der Waals surface area contributed by atoms with E-state index in [1.807, 2.05) is 11.7 Å². The van der Waals surface area contributed by atoms with Gasteiger partial charge in [-0.2, -0.15) is 5.10 Å². The Balaban J connectivity index is 2.59. The number of rotatable bonds is 7. The van der Waals surface area contributed by atoms with Crippen molar-refractivity contribution in [3.63, 3.8) is 0 Å². The highest BCUT2D eigenvalue weighted by molar-refractivity contribution is 4.90. The third kappa shape index (κ3) is 3.59. The molecule has 1 rings (SSSR count). The lowest BCUT2D eigenvalue weighted by molar-refractivity contribution is 0.356. The van der Waals surface area contributed by atoms with Gasteiger partial charge in [0.25, 0.3) is 0 Å². The Morgan fingerprint density at radius 2 is 2.19 bits per heavy atom. The zero-order chi connectivity index (χ0) is 12.0. The van der Waals surface area contributed by atoms with Crippen LogP contribution in [0.4, 0.5) is 0 Å². The molecule has 0 fully saturated rings. The van der Waals surface area contributed by atoms with Crippen LogP contribution in [0.15, 0.2) is 6.33 Å². The van der Waals surface area contributed by atoms with Crippen molar-refractivity contribution in [2.45, 2.75) is 46.1 Å². The minimum atomic E-state index is 0.507. The van der Waals surface area contributed by atoms with Crippen molar-refractivity contribution in [2.75, 3.05) is 6.54 Å². The Hall–Kier alpha value is -0.900. The van der Waals surface area contributed by atoms with Crippen molar-refractivity contribution in [1.82, 2.24) is 20.1 Å². The smallest absolute Gasteiger partial charge is 0.138 e. The van der Waals surface area contributed by atoms with Gasteiger partial charge in [-0.25, -0.2) is 4.98 Å². The maximum absolute atomic E-state index is 4.29. The zero-order valence-corrected chi connectivity index (χ0v) is 10.9. The molecule has 16 heavy (non-hydrogen) atoms. The summed E-state index contributed by atoms with van der Waals surface area (Å²) in [5.41, 5.74) is 0. The molecule has 0 spiro atoms. The summed E-state index contributed by atoms with van der Waals surface area (Å²) in [4.78, 5) is 4.29. The predicted octanol–water partition coefficient (Wildman–Crippen LogP) is 1.77. The van der Waals surface area contributed by atoms with Gasteiger partial charge >= 0.3 is 0 Å². The van der Waals surface area contributed by atoms with Crippen LogP contribution in [0.25, 0.3) is 0 Å². The lowest BCUT2D eigenvalue weighted by Gasteiger charge is -2.23. The number of hydrogen-bond donors (Lipinski definition) is 1. The van der Waals surface area contributed by atoms with E-state index in [-0.39, 0.29) is 0 Å². The van der Waals surface area contributed by atoms with Crippen LogP contribution in [0.3, 0.4) is 0 Å². The van der Waals surface area contributed by atoms with Crippen LogP contribution in [0.5, 0.6) is 0 Å². The Morgan fingerprint density at radius 3 is 2.69 bits per heavy atom. The van der Waals surface area contributed by atoms with Crippen LogP contribution in [-0.2, 0) is 13.5 Å². The molecule has 92 valence electrons. The summed E-state index contributed by atoms with van der Waals surface area (Å²) in [6, 6.07) is 0.507. The molecule has 0 radical (unpaired) electrons. The van der Waals surface area contributed by atoms with Crippen molar-refractivity contribution in [1.29, 1.82) is 0 Å². The molecule has 0 aliphatic carbocycles. The molecule has 2 atom stereocenters. The van der Waals surface area contributed by atoms with E-state index in [1.165, 1.54) is 12.8 Å². The molecule has 4 nitrogen and oxygen atoms in total. The molecule has 1 N–H and O–H groups in total. The maximum atomic E-state index is 4.29. The third-order valence-electron chi connectivity index (χ3n) is 3.19. The Kier molecular flexibility index (Phi) is 5.46. The number of hydrogen-bond acceptors (Lipinski definition) is 3. The molecule has 1 aromatic rings. The zero-order valence-electron chi connectivity index (χ0n) is 10.9. The van der Waals surface area contributed by atoms with Crippen molar-refractivity contribution >= 4 is 0 Å². The standard InChI is InChI=1S/C12H24N4/c1-5-7-13-11(10(3)6-2)8-12-14-9-15-16(12)4/h9-11,13H,5-8H2,1-4H3. The first-order chi connectivity index (χ1) is 7.69. The van der Waals surface area contributed by atoms with Crippen LogP contribution < -0.4 is 5.32 Å². The van der Waals surface area contributed by atoms with Crippen LogP contribution in [0.1, 0.15) is 39.4 Å². The number of nitrogens with zero attached hydrogens (tertiary/aromatic N) is 3. The summed E-state index contributed by atoms with van der Waals surface area (Å²) in [7, 11) is 1.95. The first-order valence-corrected chi connectivity index (χ1v) is 6.25. The van der Waals surface area contributed by atoms with Crippen LogP contribution in [0, 0.1) is 5.92 Å². The van der Waals surface area contributed by atoms with Gasteiger partial charge in [0.05, 0.1) is 0 Å². The number of aryl methyl sites for hydroxylation is 1. The molecular weight excluding hydrogens is 200 g/mol.